The molecule has 0 aliphatic rings. The lowest BCUT2D eigenvalue weighted by atomic mass is 10.2. The number of nitrogens with one attached hydrogen (secondary N) is 1. The molecule has 1 aromatic carbocycles. The molecule has 3 rings (SSSR count). The average Bonchev–Trinajstić information content (AvgIpc) is 3.21. The van der Waals surface area contributed by atoms with Crippen LogP contribution >= 0.6 is 0 Å². The Bertz CT molecular complexity index is 807. The van der Waals surface area contributed by atoms with Gasteiger partial charge in [-0.25, -0.2) is 9.67 Å². The van der Waals surface area contributed by atoms with Gasteiger partial charge in [-0.1, -0.05) is 18.2 Å². The van der Waals surface area contributed by atoms with Gasteiger partial charge < -0.3 is 5.32 Å². The zero-order valence-corrected chi connectivity index (χ0v) is 13.8. The molecule has 0 aliphatic carbocycles. The Morgan fingerprint density at radius 3 is 2.71 bits per heavy atom. The predicted molar refractivity (Wildman–Crippen MR) is 89.5 cm³/mol. The summed E-state index contributed by atoms with van der Waals surface area (Å²) >= 11 is 0. The Labute approximate surface area is 140 Å². The van der Waals surface area contributed by atoms with E-state index in [0.717, 1.165) is 22.6 Å². The first-order chi connectivity index (χ1) is 11.6. The van der Waals surface area contributed by atoms with Crippen molar-refractivity contribution in [1.82, 2.24) is 29.9 Å². The molecule has 0 unspecified atom stereocenters. The van der Waals surface area contributed by atoms with Crippen LogP contribution in [0.25, 0.3) is 5.69 Å². The lowest BCUT2D eigenvalue weighted by Gasteiger charge is -2.07. The summed E-state index contributed by atoms with van der Waals surface area (Å²) in [6.45, 7) is 4.97. The van der Waals surface area contributed by atoms with Gasteiger partial charge >= 0.3 is 0 Å². The second-order valence-electron chi connectivity index (χ2n) is 5.58. The maximum absolute atomic E-state index is 12.0. The van der Waals surface area contributed by atoms with Crippen molar-refractivity contribution >= 4 is 5.91 Å². The van der Waals surface area contributed by atoms with Crippen LogP contribution in [0.5, 0.6) is 0 Å². The number of nitrogens with zero attached hydrogens (tertiary/aromatic N) is 5. The van der Waals surface area contributed by atoms with Crippen LogP contribution in [0.4, 0.5) is 0 Å². The Morgan fingerprint density at radius 1 is 1.21 bits per heavy atom. The Kier molecular flexibility index (Phi) is 4.69. The normalized spacial score (nSPS) is 10.8. The summed E-state index contributed by atoms with van der Waals surface area (Å²) < 4.78 is 3.55. The van der Waals surface area contributed by atoms with Gasteiger partial charge in [-0.2, -0.15) is 10.2 Å². The first-order valence-corrected chi connectivity index (χ1v) is 7.85. The van der Waals surface area contributed by atoms with E-state index in [1.165, 1.54) is 6.33 Å². The molecule has 7 nitrogen and oxygen atoms in total. The number of hydrogen-bond donors (Lipinski definition) is 1. The molecule has 7 heteroatoms. The summed E-state index contributed by atoms with van der Waals surface area (Å²) in [6, 6.07) is 9.97. The standard InChI is InChI=1S/C17H20N6O/c1-13-16(10-19-17(24)8-9-22-12-18-11-20-22)14(2)23(21-13)15-6-4-3-5-7-15/h3-7,11-12H,8-10H2,1-2H3,(H,19,24). The molecule has 1 amide bonds. The molecule has 24 heavy (non-hydrogen) atoms. The molecule has 0 saturated heterocycles. The fourth-order valence-corrected chi connectivity index (χ4v) is 2.59. The lowest BCUT2D eigenvalue weighted by Crippen LogP contribution is -2.24. The van der Waals surface area contributed by atoms with Crippen LogP contribution in [0.15, 0.2) is 43.0 Å². The third-order valence-corrected chi connectivity index (χ3v) is 3.94. The molecule has 3 aromatic rings. The topological polar surface area (TPSA) is 77.6 Å². The summed E-state index contributed by atoms with van der Waals surface area (Å²) in [5, 5.41) is 11.5. The van der Waals surface area contributed by atoms with Crippen molar-refractivity contribution in [2.75, 3.05) is 0 Å². The quantitative estimate of drug-likeness (QED) is 0.750. The van der Waals surface area contributed by atoms with Crippen molar-refractivity contribution < 1.29 is 4.79 Å². The number of aromatic nitrogens is 5. The highest BCUT2D eigenvalue weighted by Crippen LogP contribution is 2.17. The monoisotopic (exact) mass is 324 g/mol. The molecule has 0 bridgehead atoms. The van der Waals surface area contributed by atoms with Crippen molar-refractivity contribution in [3.05, 3.63) is 59.9 Å². The summed E-state index contributed by atoms with van der Waals surface area (Å²) in [5.74, 6) is -0.0169. The zero-order chi connectivity index (χ0) is 16.9. The molecule has 0 spiro atoms. The van der Waals surface area contributed by atoms with Gasteiger partial charge in [0.1, 0.15) is 12.7 Å². The SMILES string of the molecule is Cc1nn(-c2ccccc2)c(C)c1CNC(=O)CCn1cncn1. The van der Waals surface area contributed by atoms with E-state index in [9.17, 15) is 4.79 Å². The Balaban J connectivity index is 1.63. The molecule has 0 fully saturated rings. The molecule has 2 aromatic heterocycles. The second kappa shape index (κ2) is 7.08. The van der Waals surface area contributed by atoms with Gasteiger partial charge in [0.05, 0.1) is 17.9 Å². The van der Waals surface area contributed by atoms with E-state index in [1.54, 1.807) is 11.0 Å². The highest BCUT2D eigenvalue weighted by molar-refractivity contribution is 5.75. The molecule has 0 aliphatic heterocycles. The number of amides is 1. The molecule has 0 atom stereocenters. The van der Waals surface area contributed by atoms with Gasteiger partial charge in [0, 0.05) is 24.2 Å². The van der Waals surface area contributed by atoms with E-state index in [1.807, 2.05) is 48.9 Å². The summed E-state index contributed by atoms with van der Waals surface area (Å²) in [5.41, 5.74) is 4.03. The molecule has 0 radical (unpaired) electrons. The van der Waals surface area contributed by atoms with E-state index in [-0.39, 0.29) is 5.91 Å². The first-order valence-electron chi connectivity index (χ1n) is 7.85. The van der Waals surface area contributed by atoms with Crippen LogP contribution in [-0.4, -0.2) is 30.5 Å². The summed E-state index contributed by atoms with van der Waals surface area (Å²) in [6.07, 6.45) is 3.43. The van der Waals surface area contributed by atoms with Crippen molar-refractivity contribution in [3.8, 4) is 5.69 Å². The van der Waals surface area contributed by atoms with Crippen LogP contribution in [0.3, 0.4) is 0 Å². The molecule has 1 N–H and O–H groups in total. The van der Waals surface area contributed by atoms with E-state index in [0.29, 0.717) is 19.5 Å². The Morgan fingerprint density at radius 2 is 2.00 bits per heavy atom. The van der Waals surface area contributed by atoms with Gasteiger partial charge in [0.15, 0.2) is 0 Å². The van der Waals surface area contributed by atoms with E-state index >= 15 is 0 Å². The lowest BCUT2D eigenvalue weighted by molar-refractivity contribution is -0.121. The minimum Gasteiger partial charge on any atom is -0.352 e. The van der Waals surface area contributed by atoms with Crippen molar-refractivity contribution in [3.63, 3.8) is 0 Å². The number of rotatable bonds is 6. The Hall–Kier alpha value is -2.96. The number of carbonyl (C=O) groups is 1. The number of carbonyl (C=O) groups excluding carboxylic acids is 1. The van der Waals surface area contributed by atoms with Gasteiger partial charge in [-0.3, -0.25) is 9.48 Å². The first kappa shape index (κ1) is 15.9. The fraction of sp³-hybridized carbons (Fsp3) is 0.294. The summed E-state index contributed by atoms with van der Waals surface area (Å²) in [4.78, 5) is 15.9. The molecular formula is C17H20N6O. The van der Waals surface area contributed by atoms with Crippen molar-refractivity contribution in [2.45, 2.75) is 33.4 Å². The highest BCUT2D eigenvalue weighted by atomic mass is 16.1. The molecular weight excluding hydrogens is 304 g/mol. The van der Waals surface area contributed by atoms with Gasteiger partial charge in [0.2, 0.25) is 5.91 Å². The van der Waals surface area contributed by atoms with Gasteiger partial charge in [0.25, 0.3) is 0 Å². The smallest absolute Gasteiger partial charge is 0.222 e. The van der Waals surface area contributed by atoms with Crippen LogP contribution in [0.2, 0.25) is 0 Å². The third-order valence-electron chi connectivity index (χ3n) is 3.94. The molecule has 2 heterocycles. The molecule has 124 valence electrons. The number of para-hydroxylation sites is 1. The van der Waals surface area contributed by atoms with Crippen LogP contribution < -0.4 is 5.32 Å². The fourth-order valence-electron chi connectivity index (χ4n) is 2.59. The summed E-state index contributed by atoms with van der Waals surface area (Å²) in [7, 11) is 0. The maximum Gasteiger partial charge on any atom is 0.222 e. The number of benzene rings is 1. The van der Waals surface area contributed by atoms with Crippen molar-refractivity contribution in [2.24, 2.45) is 0 Å². The minimum absolute atomic E-state index is 0.0169. The maximum atomic E-state index is 12.0. The van der Waals surface area contributed by atoms with Crippen LogP contribution in [0, 0.1) is 13.8 Å². The van der Waals surface area contributed by atoms with E-state index in [4.69, 9.17) is 0 Å². The zero-order valence-electron chi connectivity index (χ0n) is 13.8. The van der Waals surface area contributed by atoms with E-state index < -0.39 is 0 Å². The van der Waals surface area contributed by atoms with Gasteiger partial charge in [-0.05, 0) is 26.0 Å². The van der Waals surface area contributed by atoms with Crippen molar-refractivity contribution in [1.29, 1.82) is 0 Å². The van der Waals surface area contributed by atoms with Gasteiger partial charge in [-0.15, -0.1) is 0 Å². The third kappa shape index (κ3) is 3.51. The minimum atomic E-state index is -0.0169. The molecule has 0 saturated carbocycles. The second-order valence-corrected chi connectivity index (χ2v) is 5.58. The predicted octanol–water partition coefficient (Wildman–Crippen LogP) is 1.79. The largest absolute Gasteiger partial charge is 0.352 e. The average molecular weight is 324 g/mol. The number of aryl methyl sites for hydroxylation is 2. The highest BCUT2D eigenvalue weighted by Gasteiger charge is 2.13. The number of hydrogen-bond acceptors (Lipinski definition) is 4. The van der Waals surface area contributed by atoms with E-state index in [2.05, 4.69) is 20.5 Å². The van der Waals surface area contributed by atoms with Crippen LogP contribution in [0.1, 0.15) is 23.4 Å². The van der Waals surface area contributed by atoms with Crippen LogP contribution in [-0.2, 0) is 17.9 Å².